The van der Waals surface area contributed by atoms with Crippen LogP contribution in [-0.4, -0.2) is 47.5 Å². The quantitative estimate of drug-likeness (QED) is 0.208. The normalized spacial score (nSPS) is 16.0. The van der Waals surface area contributed by atoms with E-state index in [-0.39, 0.29) is 12.8 Å². The number of rotatable bonds is 9. The molecule has 15 heteroatoms. The predicted octanol–water partition coefficient (Wildman–Crippen LogP) is 6.21. The smallest absolute Gasteiger partial charge is 0.396 e. The molecule has 0 saturated heterocycles. The van der Waals surface area contributed by atoms with Crippen molar-refractivity contribution in [1.82, 2.24) is 0 Å². The number of unbranched alkanes of at least 4 members (excludes halogenated alkanes) is 1. The molecule has 0 fully saturated rings. The highest BCUT2D eigenvalue weighted by Gasteiger charge is 2.90. The minimum Gasteiger partial charge on any atom is -0.396 e. The van der Waals surface area contributed by atoms with Crippen LogP contribution in [0.25, 0.3) is 0 Å². The first-order valence-corrected chi connectivity index (χ1v) is 7.72. The lowest BCUT2D eigenvalue weighted by Gasteiger charge is -2.39. The van der Waals surface area contributed by atoms with Crippen molar-refractivity contribution in [2.45, 2.75) is 55.1 Å². The number of hydrogen-bond donors (Lipinski definition) is 1. The fourth-order valence-electron chi connectivity index (χ4n) is 1.55. The Hall–Kier alpha value is -0.480. The molecule has 0 spiro atoms. The molecule has 0 unspecified atom stereocenters. The summed E-state index contributed by atoms with van der Waals surface area (Å²) in [5, 5.41) is 8.44. The van der Waals surface area contributed by atoms with E-state index in [1.54, 1.807) is 0 Å². The van der Waals surface area contributed by atoms with Gasteiger partial charge in [0.1, 0.15) is 0 Å². The van der Waals surface area contributed by atoms with Crippen molar-refractivity contribution >= 4 is 22.6 Å². The summed E-state index contributed by atoms with van der Waals surface area (Å²) in [4.78, 5) is 0. The molecule has 162 valence electrons. The zero-order valence-corrected chi connectivity index (χ0v) is 14.8. The van der Waals surface area contributed by atoms with E-state index in [4.69, 9.17) is 5.11 Å². The van der Waals surface area contributed by atoms with Crippen LogP contribution in [0.2, 0.25) is 0 Å². The zero-order chi connectivity index (χ0) is 22.1. The van der Waals surface area contributed by atoms with E-state index in [9.17, 15) is 57.1 Å². The zero-order valence-electron chi connectivity index (χ0n) is 12.6. The van der Waals surface area contributed by atoms with Crippen LogP contribution in [0.15, 0.2) is 9.66 Å². The number of hydrogen-bond acceptors (Lipinski definition) is 1. The lowest BCUT2D eigenvalue weighted by atomic mass is 9.93. The van der Waals surface area contributed by atoms with Gasteiger partial charge in [-0.05, 0) is 45.4 Å². The lowest BCUT2D eigenvalue weighted by molar-refractivity contribution is -0.436. The maximum absolute atomic E-state index is 13.5. The molecule has 0 bridgehead atoms. The summed E-state index contributed by atoms with van der Waals surface area (Å²) in [5.41, 5.74) is 0. The predicted molar refractivity (Wildman–Crippen MR) is 73.8 cm³/mol. The molecule has 0 amide bonds. The Morgan fingerprint density at radius 2 is 1.07 bits per heavy atom. The Bertz CT molecular complexity index is 538. The molecule has 0 aromatic heterocycles. The van der Waals surface area contributed by atoms with Gasteiger partial charge in [-0.2, -0.15) is 57.1 Å². The van der Waals surface area contributed by atoms with Crippen molar-refractivity contribution in [3.8, 4) is 0 Å². The summed E-state index contributed by atoms with van der Waals surface area (Å²) in [6, 6.07) is 0. The van der Waals surface area contributed by atoms with Crippen LogP contribution in [-0.2, 0) is 0 Å². The van der Waals surface area contributed by atoms with Gasteiger partial charge in [-0.15, -0.1) is 0 Å². The summed E-state index contributed by atoms with van der Waals surface area (Å²) in [5.74, 6) is -36.9. The van der Waals surface area contributed by atoms with Crippen molar-refractivity contribution in [3.05, 3.63) is 9.66 Å². The van der Waals surface area contributed by atoms with Gasteiger partial charge < -0.3 is 5.11 Å². The second kappa shape index (κ2) is 8.10. The van der Waals surface area contributed by atoms with E-state index in [2.05, 4.69) is 0 Å². The van der Waals surface area contributed by atoms with Gasteiger partial charge in [0.25, 0.3) is 0 Å². The van der Waals surface area contributed by atoms with E-state index in [1.165, 1.54) is 0 Å². The molecule has 0 radical (unpaired) electrons. The van der Waals surface area contributed by atoms with E-state index in [1.807, 2.05) is 0 Å². The Morgan fingerprint density at radius 1 is 0.667 bits per heavy atom. The first kappa shape index (κ1) is 26.5. The monoisotopic (exact) mass is 544 g/mol. The van der Waals surface area contributed by atoms with Gasteiger partial charge in [0.15, 0.2) is 0 Å². The average molecular weight is 544 g/mol. The molecule has 0 aromatic rings. The number of alkyl halides is 13. The highest BCUT2D eigenvalue weighted by molar-refractivity contribution is 14.1. The van der Waals surface area contributed by atoms with Crippen molar-refractivity contribution in [3.63, 3.8) is 0 Å². The third-order valence-electron chi connectivity index (χ3n) is 3.12. The highest BCUT2D eigenvalue weighted by Crippen LogP contribution is 2.60. The topological polar surface area (TPSA) is 20.2 Å². The summed E-state index contributed by atoms with van der Waals surface area (Å²) >= 11 is 0.930. The average Bonchev–Trinajstić information content (AvgIpc) is 2.44. The molecule has 1 nitrogen and oxygen atoms in total. The molecule has 0 aromatic carbocycles. The van der Waals surface area contributed by atoms with E-state index in [0.717, 1.165) is 22.6 Å². The Labute approximate surface area is 156 Å². The van der Waals surface area contributed by atoms with Gasteiger partial charge in [0, 0.05) is 12.7 Å². The van der Waals surface area contributed by atoms with Gasteiger partial charge in [0.2, 0.25) is 0 Å². The molecule has 0 aliphatic rings. The van der Waals surface area contributed by atoms with Gasteiger partial charge in [-0.25, -0.2) is 0 Å². The molecular weight excluding hydrogens is 534 g/mol. The van der Waals surface area contributed by atoms with Crippen molar-refractivity contribution in [1.29, 1.82) is 0 Å². The summed E-state index contributed by atoms with van der Waals surface area (Å²) in [7, 11) is 0. The van der Waals surface area contributed by atoms with Crippen molar-refractivity contribution in [2.75, 3.05) is 6.61 Å². The fourth-order valence-corrected chi connectivity index (χ4v) is 2.32. The number of halogens is 14. The molecular formula is C12H10F13IO. The molecule has 0 rings (SSSR count). The van der Waals surface area contributed by atoms with Crippen LogP contribution in [0.4, 0.5) is 57.1 Å². The summed E-state index contributed by atoms with van der Waals surface area (Å²) < 4.78 is 166. The standard InChI is InChI=1S/C12H10F13IO/c13-7(14,5-6(26)3-1-2-4-27)8(15,16)9(17,18)10(19,20)11(21,22)12(23,24)25/h5,27H,1-4H2/b6-5-. The minimum atomic E-state index is -7.89. The van der Waals surface area contributed by atoms with Crippen LogP contribution in [0.5, 0.6) is 0 Å². The summed E-state index contributed by atoms with van der Waals surface area (Å²) in [6.45, 7) is -0.451. The van der Waals surface area contributed by atoms with Crippen molar-refractivity contribution in [2.24, 2.45) is 0 Å². The SMILES string of the molecule is OCCCC/C(I)=C/C(F)(F)C(F)(F)C(F)(F)C(F)(F)C(F)(F)C(F)(F)F. The third-order valence-corrected chi connectivity index (χ3v) is 3.97. The Kier molecular flexibility index (Phi) is 7.96. The maximum Gasteiger partial charge on any atom is 0.460 e. The first-order chi connectivity index (χ1) is 11.7. The molecule has 0 heterocycles. The van der Waals surface area contributed by atoms with E-state index < -0.39 is 58.5 Å². The summed E-state index contributed by atoms with van der Waals surface area (Å²) in [6.07, 6.45) is -9.01. The van der Waals surface area contributed by atoms with Crippen LogP contribution < -0.4 is 0 Å². The van der Waals surface area contributed by atoms with Gasteiger partial charge in [-0.3, -0.25) is 0 Å². The number of aliphatic hydroxyl groups excluding tert-OH is 1. The highest BCUT2D eigenvalue weighted by atomic mass is 127. The lowest BCUT2D eigenvalue weighted by Crippen LogP contribution is -2.69. The molecule has 0 saturated carbocycles. The van der Waals surface area contributed by atoms with Gasteiger partial charge in [-0.1, -0.05) is 0 Å². The molecule has 27 heavy (non-hydrogen) atoms. The minimum absolute atomic E-state index is 0.0334. The van der Waals surface area contributed by atoms with Crippen LogP contribution in [0, 0.1) is 0 Å². The second-order valence-electron chi connectivity index (χ2n) is 5.19. The van der Waals surface area contributed by atoms with E-state index in [0.29, 0.717) is 0 Å². The molecule has 0 aliphatic heterocycles. The number of allylic oxidation sites excluding steroid dienone is 2. The largest absolute Gasteiger partial charge is 0.460 e. The van der Waals surface area contributed by atoms with Crippen LogP contribution in [0.1, 0.15) is 19.3 Å². The molecule has 1 N–H and O–H groups in total. The maximum atomic E-state index is 13.5. The van der Waals surface area contributed by atoms with Gasteiger partial charge in [0.05, 0.1) is 0 Å². The Morgan fingerprint density at radius 3 is 1.44 bits per heavy atom. The molecule has 0 aliphatic carbocycles. The van der Waals surface area contributed by atoms with Crippen LogP contribution >= 0.6 is 22.6 Å². The molecule has 0 atom stereocenters. The van der Waals surface area contributed by atoms with Gasteiger partial charge >= 0.3 is 35.8 Å². The second-order valence-corrected chi connectivity index (χ2v) is 6.58. The Balaban J connectivity index is 6.05. The third kappa shape index (κ3) is 4.75. The fraction of sp³-hybridized carbons (Fsp3) is 0.833. The van der Waals surface area contributed by atoms with Crippen LogP contribution in [0.3, 0.4) is 0 Å². The van der Waals surface area contributed by atoms with Crippen molar-refractivity contribution < 1.29 is 62.2 Å². The van der Waals surface area contributed by atoms with E-state index >= 15 is 0 Å². The number of aliphatic hydroxyl groups is 1. The first-order valence-electron chi connectivity index (χ1n) is 6.64.